The van der Waals surface area contributed by atoms with E-state index < -0.39 is 0 Å². The Balaban J connectivity index is 1.75. The highest BCUT2D eigenvalue weighted by Crippen LogP contribution is 2.30. The molecule has 4 heteroatoms. The Morgan fingerprint density at radius 3 is 2.55 bits per heavy atom. The molecule has 0 N–H and O–H groups in total. The van der Waals surface area contributed by atoms with Crippen LogP contribution < -0.4 is 0 Å². The lowest BCUT2D eigenvalue weighted by Crippen LogP contribution is -1.89. The fourth-order valence-electron chi connectivity index (χ4n) is 2.18. The molecule has 0 amide bonds. The van der Waals surface area contributed by atoms with Gasteiger partial charge in [-0.2, -0.15) is 0 Å². The molecular formula is C16H11N3S. The Hall–Kier alpha value is -2.46. The molecule has 2 aromatic carbocycles. The molecule has 4 aromatic rings. The summed E-state index contributed by atoms with van der Waals surface area (Å²) in [6, 6.07) is 16.6. The molecule has 0 aliphatic heterocycles. The van der Waals surface area contributed by atoms with Gasteiger partial charge in [-0.1, -0.05) is 12.1 Å². The van der Waals surface area contributed by atoms with Gasteiger partial charge in [-0.3, -0.25) is 0 Å². The van der Waals surface area contributed by atoms with Gasteiger partial charge in [0.05, 0.1) is 16.5 Å². The lowest BCUT2D eigenvalue weighted by atomic mass is 10.2. The van der Waals surface area contributed by atoms with Crippen LogP contribution in [0.1, 0.15) is 0 Å². The molecule has 0 aliphatic rings. The van der Waals surface area contributed by atoms with Crippen molar-refractivity contribution in [3.05, 3.63) is 67.3 Å². The molecule has 3 nitrogen and oxygen atoms in total. The Bertz CT molecular complexity index is 812. The highest BCUT2D eigenvalue weighted by atomic mass is 32.1. The summed E-state index contributed by atoms with van der Waals surface area (Å²) in [7, 11) is 0. The number of hydrogen-bond donors (Lipinski definition) is 0. The summed E-state index contributed by atoms with van der Waals surface area (Å²) >= 11 is 1.72. The first-order valence-corrected chi connectivity index (χ1v) is 7.16. The molecule has 0 unspecified atom stereocenters. The molecule has 0 spiro atoms. The minimum Gasteiger partial charge on any atom is -0.306 e. The second-order valence-electron chi connectivity index (χ2n) is 4.50. The number of thiazole rings is 1. The van der Waals surface area contributed by atoms with Gasteiger partial charge in [0, 0.05) is 23.6 Å². The topological polar surface area (TPSA) is 30.7 Å². The number of aromatic nitrogens is 3. The van der Waals surface area contributed by atoms with Gasteiger partial charge >= 0.3 is 0 Å². The van der Waals surface area contributed by atoms with Crippen molar-refractivity contribution in [2.24, 2.45) is 0 Å². The predicted octanol–water partition coefficient (Wildman–Crippen LogP) is 4.15. The molecule has 0 saturated heterocycles. The van der Waals surface area contributed by atoms with Crippen LogP contribution in [0.2, 0.25) is 0 Å². The van der Waals surface area contributed by atoms with Crippen molar-refractivity contribution in [3.63, 3.8) is 0 Å². The van der Waals surface area contributed by atoms with Crippen molar-refractivity contribution in [1.82, 2.24) is 14.5 Å². The molecule has 0 bridgehead atoms. The minimum atomic E-state index is 1.06. The molecule has 0 radical (unpaired) electrons. The number of imidazole rings is 1. The summed E-state index contributed by atoms with van der Waals surface area (Å²) < 4.78 is 3.21. The van der Waals surface area contributed by atoms with E-state index in [2.05, 4.69) is 46.4 Å². The van der Waals surface area contributed by atoms with E-state index in [0.29, 0.717) is 0 Å². The van der Waals surface area contributed by atoms with Crippen molar-refractivity contribution in [3.8, 4) is 16.3 Å². The van der Waals surface area contributed by atoms with Crippen molar-refractivity contribution in [2.45, 2.75) is 0 Å². The van der Waals surface area contributed by atoms with Crippen molar-refractivity contribution in [1.29, 1.82) is 0 Å². The van der Waals surface area contributed by atoms with Gasteiger partial charge in [-0.05, 0) is 36.4 Å². The smallest absolute Gasteiger partial charge is 0.124 e. The highest BCUT2D eigenvalue weighted by Gasteiger charge is 2.05. The molecule has 0 fully saturated rings. The van der Waals surface area contributed by atoms with Gasteiger partial charge in [0.15, 0.2) is 0 Å². The number of hydrogen-bond acceptors (Lipinski definition) is 3. The fraction of sp³-hybridized carbons (Fsp3) is 0. The van der Waals surface area contributed by atoms with E-state index in [1.807, 2.05) is 22.9 Å². The van der Waals surface area contributed by atoms with E-state index in [-0.39, 0.29) is 0 Å². The van der Waals surface area contributed by atoms with Gasteiger partial charge in [0.2, 0.25) is 0 Å². The number of nitrogens with zero attached hydrogens (tertiary/aromatic N) is 3. The van der Waals surface area contributed by atoms with Gasteiger partial charge in [-0.15, -0.1) is 11.3 Å². The normalized spacial score (nSPS) is 11.0. The third-order valence-electron chi connectivity index (χ3n) is 3.21. The second-order valence-corrected chi connectivity index (χ2v) is 5.53. The molecule has 0 aliphatic carbocycles. The SMILES string of the molecule is c1ccc2sc(-c3ccc(-n4ccnc4)cc3)nc2c1. The van der Waals surface area contributed by atoms with Gasteiger partial charge in [0.25, 0.3) is 0 Å². The Morgan fingerprint density at radius 1 is 0.950 bits per heavy atom. The lowest BCUT2D eigenvalue weighted by Gasteiger charge is -2.02. The van der Waals surface area contributed by atoms with E-state index in [9.17, 15) is 0 Å². The van der Waals surface area contributed by atoms with Crippen molar-refractivity contribution >= 4 is 21.6 Å². The molecule has 20 heavy (non-hydrogen) atoms. The maximum Gasteiger partial charge on any atom is 0.124 e. The van der Waals surface area contributed by atoms with E-state index in [4.69, 9.17) is 0 Å². The van der Waals surface area contributed by atoms with Crippen LogP contribution in [0.25, 0.3) is 26.5 Å². The average Bonchev–Trinajstić information content (AvgIpc) is 3.17. The summed E-state index contributed by atoms with van der Waals surface area (Å²) in [6.45, 7) is 0. The first-order valence-electron chi connectivity index (χ1n) is 6.34. The van der Waals surface area contributed by atoms with Crippen LogP contribution in [0.5, 0.6) is 0 Å². The maximum atomic E-state index is 4.67. The summed E-state index contributed by atoms with van der Waals surface area (Å²) in [5.74, 6) is 0. The minimum absolute atomic E-state index is 1.06. The van der Waals surface area contributed by atoms with Crippen LogP contribution in [0, 0.1) is 0 Å². The zero-order valence-electron chi connectivity index (χ0n) is 10.6. The largest absolute Gasteiger partial charge is 0.306 e. The maximum absolute atomic E-state index is 4.67. The zero-order valence-corrected chi connectivity index (χ0v) is 11.4. The third kappa shape index (κ3) is 1.90. The Morgan fingerprint density at radius 2 is 1.80 bits per heavy atom. The second kappa shape index (κ2) is 4.58. The van der Waals surface area contributed by atoms with Crippen LogP contribution in [0.4, 0.5) is 0 Å². The summed E-state index contributed by atoms with van der Waals surface area (Å²) in [4.78, 5) is 8.74. The number of para-hydroxylation sites is 1. The van der Waals surface area contributed by atoms with Crippen LogP contribution in [-0.2, 0) is 0 Å². The van der Waals surface area contributed by atoms with E-state index >= 15 is 0 Å². The Labute approximate surface area is 120 Å². The monoisotopic (exact) mass is 277 g/mol. The lowest BCUT2D eigenvalue weighted by molar-refractivity contribution is 1.06. The van der Waals surface area contributed by atoms with Crippen molar-refractivity contribution in [2.75, 3.05) is 0 Å². The fourth-order valence-corrected chi connectivity index (χ4v) is 3.15. The van der Waals surface area contributed by atoms with E-state index in [1.165, 1.54) is 4.70 Å². The van der Waals surface area contributed by atoms with Crippen LogP contribution in [0.3, 0.4) is 0 Å². The highest BCUT2D eigenvalue weighted by molar-refractivity contribution is 7.21. The van der Waals surface area contributed by atoms with E-state index in [0.717, 1.165) is 21.8 Å². The van der Waals surface area contributed by atoms with Gasteiger partial charge in [-0.25, -0.2) is 9.97 Å². The van der Waals surface area contributed by atoms with Crippen LogP contribution in [0.15, 0.2) is 67.3 Å². The molecule has 0 saturated carbocycles. The zero-order chi connectivity index (χ0) is 13.4. The first kappa shape index (κ1) is 11.4. The molecular weight excluding hydrogens is 266 g/mol. The summed E-state index contributed by atoms with van der Waals surface area (Å²) in [5, 5.41) is 1.06. The first-order chi connectivity index (χ1) is 9.90. The third-order valence-corrected chi connectivity index (χ3v) is 4.30. The van der Waals surface area contributed by atoms with Gasteiger partial charge in [0.1, 0.15) is 5.01 Å². The molecule has 2 aromatic heterocycles. The van der Waals surface area contributed by atoms with Crippen molar-refractivity contribution < 1.29 is 0 Å². The van der Waals surface area contributed by atoms with E-state index in [1.54, 1.807) is 23.9 Å². The van der Waals surface area contributed by atoms with Gasteiger partial charge < -0.3 is 4.57 Å². The molecule has 4 rings (SSSR count). The number of fused-ring (bicyclic) bond motifs is 1. The molecule has 96 valence electrons. The average molecular weight is 277 g/mol. The van der Waals surface area contributed by atoms with Crippen LogP contribution in [-0.4, -0.2) is 14.5 Å². The predicted molar refractivity (Wildman–Crippen MR) is 82.2 cm³/mol. The summed E-state index contributed by atoms with van der Waals surface area (Å²) in [6.07, 6.45) is 5.51. The number of benzene rings is 2. The number of rotatable bonds is 2. The molecule has 2 heterocycles. The quantitative estimate of drug-likeness (QED) is 0.551. The summed E-state index contributed by atoms with van der Waals surface area (Å²) in [5.41, 5.74) is 3.31. The Kier molecular flexibility index (Phi) is 2.60. The standard InChI is InChI=1S/C16H11N3S/c1-2-4-15-14(3-1)18-16(20-15)12-5-7-13(8-6-12)19-10-9-17-11-19/h1-11H. The molecule has 0 atom stereocenters. The van der Waals surface area contributed by atoms with Crippen LogP contribution >= 0.6 is 11.3 Å².